The molecule has 0 bridgehead atoms. The van der Waals surface area contributed by atoms with Crippen molar-refractivity contribution in [2.45, 2.75) is 38.1 Å². The van der Waals surface area contributed by atoms with Gasteiger partial charge in [-0.15, -0.1) is 0 Å². The van der Waals surface area contributed by atoms with Gasteiger partial charge in [0.25, 0.3) is 0 Å². The van der Waals surface area contributed by atoms with Gasteiger partial charge in [-0.1, -0.05) is 6.42 Å². The normalized spacial score (nSPS) is 29.2. The minimum atomic E-state index is 0.782. The van der Waals surface area contributed by atoms with Crippen molar-refractivity contribution >= 4 is 21.6 Å². The van der Waals surface area contributed by atoms with Crippen molar-refractivity contribution in [1.29, 1.82) is 0 Å². The number of hydrogen-bond donors (Lipinski definition) is 0. The van der Waals surface area contributed by atoms with Gasteiger partial charge >= 0.3 is 0 Å². The predicted molar refractivity (Wildman–Crippen MR) is 69.6 cm³/mol. The van der Waals surface area contributed by atoms with Gasteiger partial charge in [-0.3, -0.25) is 4.98 Å². The summed E-state index contributed by atoms with van der Waals surface area (Å²) in [5.74, 6) is 0.938. The van der Waals surface area contributed by atoms with Crippen LogP contribution in [-0.4, -0.2) is 17.6 Å². The van der Waals surface area contributed by atoms with Gasteiger partial charge in [0.2, 0.25) is 0 Å². The number of hydrogen-bond acceptors (Lipinski definition) is 2. The first kappa shape index (κ1) is 10.6. The Kier molecular flexibility index (Phi) is 2.88. The zero-order valence-electron chi connectivity index (χ0n) is 9.40. The van der Waals surface area contributed by atoms with Gasteiger partial charge in [0.05, 0.1) is 11.9 Å². The minimum Gasteiger partial charge on any atom is -0.367 e. The van der Waals surface area contributed by atoms with Crippen LogP contribution in [-0.2, 0) is 0 Å². The summed E-state index contributed by atoms with van der Waals surface area (Å²) in [6, 6.07) is 2.98. The number of fused-ring (bicyclic) bond motifs is 1. The van der Waals surface area contributed by atoms with E-state index in [2.05, 4.69) is 31.9 Å². The van der Waals surface area contributed by atoms with E-state index in [1.54, 1.807) is 0 Å². The van der Waals surface area contributed by atoms with Crippen molar-refractivity contribution in [3.63, 3.8) is 0 Å². The Morgan fingerprint density at radius 1 is 1.19 bits per heavy atom. The van der Waals surface area contributed by atoms with E-state index in [1.807, 2.05) is 12.4 Å². The zero-order valence-corrected chi connectivity index (χ0v) is 11.0. The summed E-state index contributed by atoms with van der Waals surface area (Å²) in [6.07, 6.45) is 10.9. The van der Waals surface area contributed by atoms with Gasteiger partial charge in [0.15, 0.2) is 0 Å². The molecule has 2 nitrogen and oxygen atoms in total. The number of halogens is 1. The summed E-state index contributed by atoms with van der Waals surface area (Å²) in [4.78, 5) is 6.87. The Labute approximate surface area is 105 Å². The van der Waals surface area contributed by atoms with Crippen molar-refractivity contribution in [2.75, 3.05) is 11.4 Å². The maximum Gasteiger partial charge on any atom is 0.0566 e. The van der Waals surface area contributed by atoms with Gasteiger partial charge in [-0.2, -0.15) is 0 Å². The number of nitrogens with zero attached hydrogens (tertiary/aromatic N) is 2. The molecule has 0 spiro atoms. The average Bonchev–Trinajstić information content (AvgIpc) is 2.76. The van der Waals surface area contributed by atoms with Crippen LogP contribution in [0.25, 0.3) is 0 Å². The molecular formula is C13H17BrN2. The Morgan fingerprint density at radius 2 is 2.06 bits per heavy atom. The highest BCUT2D eigenvalue weighted by Crippen LogP contribution is 2.39. The average molecular weight is 281 g/mol. The maximum atomic E-state index is 4.29. The van der Waals surface area contributed by atoms with Gasteiger partial charge in [-0.05, 0) is 53.6 Å². The molecule has 2 heterocycles. The van der Waals surface area contributed by atoms with Gasteiger partial charge in [0, 0.05) is 23.3 Å². The highest BCUT2D eigenvalue weighted by molar-refractivity contribution is 9.10. The summed E-state index contributed by atoms with van der Waals surface area (Å²) < 4.78 is 1.09. The van der Waals surface area contributed by atoms with Crippen LogP contribution in [0.1, 0.15) is 32.1 Å². The van der Waals surface area contributed by atoms with E-state index in [0.29, 0.717) is 0 Å². The van der Waals surface area contributed by atoms with E-state index >= 15 is 0 Å². The molecular weight excluding hydrogens is 264 g/mol. The predicted octanol–water partition coefficient (Wildman–Crippen LogP) is 3.61. The molecule has 0 aromatic carbocycles. The van der Waals surface area contributed by atoms with Crippen LogP contribution >= 0.6 is 15.9 Å². The smallest absolute Gasteiger partial charge is 0.0566 e. The molecule has 1 aliphatic carbocycles. The fraction of sp³-hybridized carbons (Fsp3) is 0.615. The van der Waals surface area contributed by atoms with Gasteiger partial charge in [-0.25, -0.2) is 0 Å². The molecule has 1 aliphatic heterocycles. The molecule has 0 amide bonds. The highest BCUT2D eigenvalue weighted by atomic mass is 79.9. The molecule has 3 rings (SSSR count). The third-order valence-electron chi connectivity index (χ3n) is 4.02. The summed E-state index contributed by atoms with van der Waals surface area (Å²) >= 11 is 3.51. The third kappa shape index (κ3) is 1.86. The van der Waals surface area contributed by atoms with E-state index in [9.17, 15) is 0 Å². The molecule has 2 fully saturated rings. The van der Waals surface area contributed by atoms with Crippen molar-refractivity contribution in [3.8, 4) is 0 Å². The van der Waals surface area contributed by atoms with E-state index in [0.717, 1.165) is 16.4 Å². The van der Waals surface area contributed by atoms with Crippen LogP contribution in [0.2, 0.25) is 0 Å². The number of anilines is 1. The monoisotopic (exact) mass is 280 g/mol. The molecule has 2 aliphatic rings. The Bertz CT molecular complexity index is 380. The van der Waals surface area contributed by atoms with Crippen molar-refractivity contribution < 1.29 is 0 Å². The van der Waals surface area contributed by atoms with E-state index in [4.69, 9.17) is 0 Å². The number of aromatic nitrogens is 1. The lowest BCUT2D eigenvalue weighted by molar-refractivity contribution is 0.362. The molecule has 3 heteroatoms. The topological polar surface area (TPSA) is 16.1 Å². The van der Waals surface area contributed by atoms with Crippen molar-refractivity contribution in [3.05, 3.63) is 22.9 Å². The zero-order chi connectivity index (χ0) is 11.0. The first-order valence-electron chi connectivity index (χ1n) is 6.22. The molecule has 0 N–H and O–H groups in total. The van der Waals surface area contributed by atoms with Crippen molar-refractivity contribution in [1.82, 2.24) is 4.98 Å². The van der Waals surface area contributed by atoms with Crippen LogP contribution in [0, 0.1) is 5.92 Å². The second-order valence-corrected chi connectivity index (χ2v) is 5.87. The Hall–Kier alpha value is -0.570. The number of pyridine rings is 1. The molecule has 86 valence electrons. The quantitative estimate of drug-likeness (QED) is 0.781. The first-order chi connectivity index (χ1) is 7.84. The molecule has 2 unspecified atom stereocenters. The summed E-state index contributed by atoms with van der Waals surface area (Å²) in [5, 5.41) is 0. The molecule has 1 saturated carbocycles. The molecule has 1 aromatic rings. The SMILES string of the molecule is Brc1cncc(N2CCCC3CCCC32)c1. The molecule has 1 aromatic heterocycles. The largest absolute Gasteiger partial charge is 0.367 e. The number of piperidine rings is 1. The Balaban J connectivity index is 1.88. The summed E-state index contributed by atoms with van der Waals surface area (Å²) in [5.41, 5.74) is 1.30. The van der Waals surface area contributed by atoms with Crippen LogP contribution < -0.4 is 4.90 Å². The van der Waals surface area contributed by atoms with Crippen LogP contribution in [0.3, 0.4) is 0 Å². The lowest BCUT2D eigenvalue weighted by Crippen LogP contribution is -2.42. The molecule has 2 atom stereocenters. The second-order valence-electron chi connectivity index (χ2n) is 4.96. The van der Waals surface area contributed by atoms with E-state index in [1.165, 1.54) is 44.3 Å². The standard InChI is InChI=1S/C13H17BrN2/c14-11-7-12(9-15-8-11)16-6-2-4-10-3-1-5-13(10)16/h7-10,13H,1-6H2. The summed E-state index contributed by atoms with van der Waals surface area (Å²) in [6.45, 7) is 1.21. The van der Waals surface area contributed by atoms with E-state index in [-0.39, 0.29) is 0 Å². The first-order valence-corrected chi connectivity index (χ1v) is 7.01. The minimum absolute atomic E-state index is 0.782. The van der Waals surface area contributed by atoms with Crippen LogP contribution in [0.15, 0.2) is 22.9 Å². The summed E-state index contributed by atoms with van der Waals surface area (Å²) in [7, 11) is 0. The van der Waals surface area contributed by atoms with Gasteiger partial charge in [0.1, 0.15) is 0 Å². The third-order valence-corrected chi connectivity index (χ3v) is 4.45. The van der Waals surface area contributed by atoms with Crippen LogP contribution in [0.5, 0.6) is 0 Å². The Morgan fingerprint density at radius 3 is 2.94 bits per heavy atom. The fourth-order valence-electron chi connectivity index (χ4n) is 3.33. The molecule has 16 heavy (non-hydrogen) atoms. The second kappa shape index (κ2) is 4.36. The maximum absolute atomic E-state index is 4.29. The van der Waals surface area contributed by atoms with Gasteiger partial charge < -0.3 is 4.90 Å². The van der Waals surface area contributed by atoms with E-state index < -0.39 is 0 Å². The lowest BCUT2D eigenvalue weighted by Gasteiger charge is -2.39. The van der Waals surface area contributed by atoms with Crippen molar-refractivity contribution in [2.24, 2.45) is 5.92 Å². The highest BCUT2D eigenvalue weighted by Gasteiger charge is 2.35. The van der Waals surface area contributed by atoms with Crippen LogP contribution in [0.4, 0.5) is 5.69 Å². The fourth-order valence-corrected chi connectivity index (χ4v) is 3.69. The molecule has 1 saturated heterocycles. The number of rotatable bonds is 1. The lowest BCUT2D eigenvalue weighted by atomic mass is 9.91. The molecule has 0 radical (unpaired) electrons.